The second kappa shape index (κ2) is 7.28. The average Bonchev–Trinajstić information content (AvgIpc) is 2.46. The highest BCUT2D eigenvalue weighted by Gasteiger charge is 2.22. The maximum atomic E-state index is 10.8. The van der Waals surface area contributed by atoms with Gasteiger partial charge in [0.15, 0.2) is 11.5 Å². The van der Waals surface area contributed by atoms with Crippen molar-refractivity contribution >= 4 is 5.97 Å². The summed E-state index contributed by atoms with van der Waals surface area (Å²) in [6.07, 6.45) is -0.195. The topological polar surface area (TPSA) is 68.2 Å². The lowest BCUT2D eigenvalue weighted by atomic mass is 10.1. The number of hydrogen-bond acceptors (Lipinski definition) is 5. The van der Waals surface area contributed by atoms with E-state index in [9.17, 15) is 4.79 Å². The Morgan fingerprint density at radius 3 is 2.81 bits per heavy atom. The number of aliphatic carboxylic acids is 1. The van der Waals surface area contributed by atoms with Crippen molar-refractivity contribution in [3.63, 3.8) is 0 Å². The van der Waals surface area contributed by atoms with E-state index in [1.54, 1.807) is 14.2 Å². The smallest absolute Gasteiger partial charge is 0.306 e. The van der Waals surface area contributed by atoms with Crippen molar-refractivity contribution in [1.29, 1.82) is 0 Å². The fraction of sp³-hybridized carbons (Fsp3) is 0.533. The summed E-state index contributed by atoms with van der Waals surface area (Å²) in [6, 6.07) is 5.81. The van der Waals surface area contributed by atoms with Gasteiger partial charge in [0.05, 0.1) is 33.4 Å². The lowest BCUT2D eigenvalue weighted by molar-refractivity contribution is -0.142. The number of rotatable bonds is 6. The number of ether oxygens (including phenoxy) is 3. The third-order valence-electron chi connectivity index (χ3n) is 3.48. The third-order valence-corrected chi connectivity index (χ3v) is 3.48. The molecule has 0 amide bonds. The number of carbonyl (C=O) groups is 1. The SMILES string of the molecule is COc1ccc(CN2CCO[C@H](CC(=O)O)C2)cc1OC. The van der Waals surface area contributed by atoms with E-state index in [1.165, 1.54) is 0 Å². The highest BCUT2D eigenvalue weighted by Crippen LogP contribution is 2.28. The molecule has 116 valence electrons. The fourth-order valence-corrected chi connectivity index (χ4v) is 2.48. The predicted molar refractivity (Wildman–Crippen MR) is 76.8 cm³/mol. The summed E-state index contributed by atoms with van der Waals surface area (Å²) in [5.41, 5.74) is 1.10. The maximum absolute atomic E-state index is 10.8. The molecular formula is C15H21NO5. The Morgan fingerprint density at radius 1 is 1.38 bits per heavy atom. The zero-order chi connectivity index (χ0) is 15.2. The second-order valence-corrected chi connectivity index (χ2v) is 5.02. The first-order valence-electron chi connectivity index (χ1n) is 6.89. The molecule has 1 atom stereocenters. The minimum absolute atomic E-state index is 0.0441. The Kier molecular flexibility index (Phi) is 5.41. The standard InChI is InChI=1S/C15H21NO5/c1-19-13-4-3-11(7-14(13)20-2)9-16-5-6-21-12(10-16)8-15(17)18/h3-4,7,12H,5-6,8-10H2,1-2H3,(H,17,18)/t12-/m1/s1. The average molecular weight is 295 g/mol. The van der Waals surface area contributed by atoms with Crippen LogP contribution in [0.4, 0.5) is 0 Å². The van der Waals surface area contributed by atoms with Gasteiger partial charge in [0.25, 0.3) is 0 Å². The molecule has 0 bridgehead atoms. The van der Waals surface area contributed by atoms with Crippen LogP contribution in [-0.4, -0.2) is 56.0 Å². The van der Waals surface area contributed by atoms with Crippen molar-refractivity contribution in [2.45, 2.75) is 19.1 Å². The molecule has 1 aromatic carbocycles. The quantitative estimate of drug-likeness (QED) is 0.855. The van der Waals surface area contributed by atoms with Gasteiger partial charge >= 0.3 is 5.97 Å². The van der Waals surface area contributed by atoms with Crippen LogP contribution >= 0.6 is 0 Å². The number of carboxylic acids is 1. The number of carboxylic acid groups (broad SMARTS) is 1. The van der Waals surface area contributed by atoms with Crippen LogP contribution in [0.25, 0.3) is 0 Å². The Morgan fingerprint density at radius 2 is 2.14 bits per heavy atom. The van der Waals surface area contributed by atoms with Gasteiger partial charge in [-0.3, -0.25) is 9.69 Å². The number of hydrogen-bond donors (Lipinski definition) is 1. The minimum Gasteiger partial charge on any atom is -0.493 e. The van der Waals surface area contributed by atoms with Crippen LogP contribution in [0.1, 0.15) is 12.0 Å². The summed E-state index contributed by atoms with van der Waals surface area (Å²) in [7, 11) is 3.22. The molecule has 1 fully saturated rings. The molecule has 0 aliphatic carbocycles. The molecule has 2 rings (SSSR count). The first-order chi connectivity index (χ1) is 10.1. The van der Waals surface area contributed by atoms with E-state index < -0.39 is 5.97 Å². The van der Waals surface area contributed by atoms with E-state index in [0.29, 0.717) is 24.7 Å². The van der Waals surface area contributed by atoms with Gasteiger partial charge in [-0.25, -0.2) is 0 Å². The van der Waals surface area contributed by atoms with Gasteiger partial charge in [0.1, 0.15) is 0 Å². The third kappa shape index (κ3) is 4.34. The van der Waals surface area contributed by atoms with Crippen LogP contribution < -0.4 is 9.47 Å². The monoisotopic (exact) mass is 295 g/mol. The van der Waals surface area contributed by atoms with Crippen LogP contribution in [0.15, 0.2) is 18.2 Å². The molecule has 1 aliphatic heterocycles. The summed E-state index contributed by atoms with van der Waals surface area (Å²) >= 11 is 0. The first-order valence-corrected chi connectivity index (χ1v) is 6.89. The van der Waals surface area contributed by atoms with Gasteiger partial charge in [-0.15, -0.1) is 0 Å². The molecule has 1 saturated heterocycles. The van der Waals surface area contributed by atoms with E-state index in [2.05, 4.69) is 4.90 Å². The van der Waals surface area contributed by atoms with E-state index in [-0.39, 0.29) is 12.5 Å². The lowest BCUT2D eigenvalue weighted by Gasteiger charge is -2.32. The summed E-state index contributed by atoms with van der Waals surface area (Å²) in [5.74, 6) is 0.574. The highest BCUT2D eigenvalue weighted by atomic mass is 16.5. The molecular weight excluding hydrogens is 274 g/mol. The summed E-state index contributed by atoms with van der Waals surface area (Å²) in [4.78, 5) is 13.0. The normalized spacial score (nSPS) is 19.2. The highest BCUT2D eigenvalue weighted by molar-refractivity contribution is 5.67. The molecule has 6 nitrogen and oxygen atoms in total. The van der Waals surface area contributed by atoms with E-state index in [0.717, 1.165) is 18.7 Å². The molecule has 1 aliphatic rings. The molecule has 6 heteroatoms. The van der Waals surface area contributed by atoms with E-state index >= 15 is 0 Å². The summed E-state index contributed by atoms with van der Waals surface area (Å²) in [6.45, 7) is 2.72. The van der Waals surface area contributed by atoms with Crippen LogP contribution in [0.5, 0.6) is 11.5 Å². The Bertz CT molecular complexity index is 491. The van der Waals surface area contributed by atoms with E-state index in [1.807, 2.05) is 18.2 Å². The summed E-state index contributed by atoms with van der Waals surface area (Å²) < 4.78 is 16.0. The summed E-state index contributed by atoms with van der Waals surface area (Å²) in [5, 5.41) is 8.84. The van der Waals surface area contributed by atoms with Crippen molar-refractivity contribution in [2.75, 3.05) is 33.9 Å². The van der Waals surface area contributed by atoms with Crippen LogP contribution in [0.3, 0.4) is 0 Å². The van der Waals surface area contributed by atoms with Crippen LogP contribution in [0, 0.1) is 0 Å². The number of nitrogens with zero attached hydrogens (tertiary/aromatic N) is 1. The Hall–Kier alpha value is -1.79. The van der Waals surface area contributed by atoms with Gasteiger partial charge in [-0.2, -0.15) is 0 Å². The van der Waals surface area contributed by atoms with Crippen molar-refractivity contribution in [1.82, 2.24) is 4.90 Å². The lowest BCUT2D eigenvalue weighted by Crippen LogP contribution is -2.42. The first kappa shape index (κ1) is 15.6. The van der Waals surface area contributed by atoms with Crippen molar-refractivity contribution in [2.24, 2.45) is 0 Å². The largest absolute Gasteiger partial charge is 0.493 e. The molecule has 0 unspecified atom stereocenters. The predicted octanol–water partition coefficient (Wildman–Crippen LogP) is 1.38. The molecule has 0 spiro atoms. The molecule has 1 heterocycles. The van der Waals surface area contributed by atoms with Gasteiger partial charge in [-0.1, -0.05) is 6.07 Å². The van der Waals surface area contributed by atoms with Crippen molar-refractivity contribution in [3.05, 3.63) is 23.8 Å². The van der Waals surface area contributed by atoms with Gasteiger partial charge < -0.3 is 19.3 Å². The number of morpholine rings is 1. The molecule has 0 radical (unpaired) electrons. The van der Waals surface area contributed by atoms with Crippen LogP contribution in [-0.2, 0) is 16.1 Å². The second-order valence-electron chi connectivity index (χ2n) is 5.02. The number of benzene rings is 1. The van der Waals surface area contributed by atoms with Gasteiger partial charge in [0.2, 0.25) is 0 Å². The van der Waals surface area contributed by atoms with Crippen molar-refractivity contribution in [3.8, 4) is 11.5 Å². The Balaban J connectivity index is 1.99. The van der Waals surface area contributed by atoms with E-state index in [4.69, 9.17) is 19.3 Å². The van der Waals surface area contributed by atoms with Gasteiger partial charge in [-0.05, 0) is 17.7 Å². The minimum atomic E-state index is -0.826. The molecule has 1 N–H and O–H groups in total. The Labute approximate surface area is 124 Å². The number of methoxy groups -OCH3 is 2. The zero-order valence-electron chi connectivity index (χ0n) is 12.4. The molecule has 0 aromatic heterocycles. The maximum Gasteiger partial charge on any atom is 0.306 e. The van der Waals surface area contributed by atoms with Crippen LogP contribution in [0.2, 0.25) is 0 Å². The molecule has 21 heavy (non-hydrogen) atoms. The van der Waals surface area contributed by atoms with Crippen molar-refractivity contribution < 1.29 is 24.1 Å². The molecule has 0 saturated carbocycles. The molecule has 1 aromatic rings. The zero-order valence-corrected chi connectivity index (χ0v) is 12.4. The fourth-order valence-electron chi connectivity index (χ4n) is 2.48. The van der Waals surface area contributed by atoms with Gasteiger partial charge in [0, 0.05) is 19.6 Å².